The van der Waals surface area contributed by atoms with Crippen LogP contribution in [0.15, 0.2) is 66.9 Å². The molecular weight excluding hydrogens is 455 g/mol. The van der Waals surface area contributed by atoms with Gasteiger partial charge in [0.1, 0.15) is 23.1 Å². The number of amides is 1. The summed E-state index contributed by atoms with van der Waals surface area (Å²) < 4.78 is 52.9. The van der Waals surface area contributed by atoms with Gasteiger partial charge in [-0.2, -0.15) is 0 Å². The number of aromatic nitrogens is 2. The number of fused-ring (bicyclic) bond motifs is 2. The van der Waals surface area contributed by atoms with E-state index in [9.17, 15) is 13.6 Å². The number of nitrogens with zero attached hydrogens (tertiary/aromatic N) is 2. The molecule has 1 unspecified atom stereocenters. The van der Waals surface area contributed by atoms with Crippen molar-refractivity contribution in [1.82, 2.24) is 9.13 Å². The maximum Gasteiger partial charge on any atom is 0.272 e. The van der Waals surface area contributed by atoms with Crippen molar-refractivity contribution in [2.24, 2.45) is 7.05 Å². The fraction of sp³-hybridized carbons (Fsp3) is 0.148. The second-order valence-corrected chi connectivity index (χ2v) is 8.39. The highest BCUT2D eigenvalue weighted by atomic mass is 19.1. The number of hydrogen-bond donors (Lipinski definition) is 1. The summed E-state index contributed by atoms with van der Waals surface area (Å²) >= 11 is 0. The van der Waals surface area contributed by atoms with Crippen molar-refractivity contribution in [3.63, 3.8) is 0 Å². The molecule has 0 bridgehead atoms. The van der Waals surface area contributed by atoms with Gasteiger partial charge in [-0.3, -0.25) is 4.79 Å². The summed E-state index contributed by atoms with van der Waals surface area (Å²) in [5.41, 5.74) is 1.22. The number of methoxy groups -OCH3 is 1. The Bertz CT molecular complexity index is 1600. The Morgan fingerprint density at radius 2 is 1.74 bits per heavy atom. The first kappa shape index (κ1) is 22.6. The van der Waals surface area contributed by atoms with E-state index >= 15 is 4.39 Å². The molecule has 5 nitrogen and oxygen atoms in total. The predicted molar refractivity (Wildman–Crippen MR) is 130 cm³/mol. The minimum Gasteiger partial charge on any atom is -0.497 e. The molecule has 2 aromatic heterocycles. The molecule has 178 valence electrons. The van der Waals surface area contributed by atoms with E-state index in [-0.39, 0.29) is 16.8 Å². The van der Waals surface area contributed by atoms with Crippen molar-refractivity contribution in [3.05, 3.63) is 95.3 Å². The van der Waals surface area contributed by atoms with Crippen LogP contribution in [0.2, 0.25) is 0 Å². The summed E-state index contributed by atoms with van der Waals surface area (Å²) in [6.45, 7) is 1.24. The van der Waals surface area contributed by atoms with Crippen molar-refractivity contribution < 1.29 is 22.7 Å². The minimum absolute atomic E-state index is 0.0183. The molecule has 3 aromatic carbocycles. The van der Waals surface area contributed by atoms with Gasteiger partial charge in [0.25, 0.3) is 5.91 Å². The summed E-state index contributed by atoms with van der Waals surface area (Å²) in [6, 6.07) is 15.9. The first-order valence-corrected chi connectivity index (χ1v) is 10.9. The molecule has 0 saturated heterocycles. The Labute approximate surface area is 199 Å². The van der Waals surface area contributed by atoms with Crippen LogP contribution in [0.5, 0.6) is 5.75 Å². The highest BCUT2D eigenvalue weighted by molar-refractivity contribution is 6.07. The van der Waals surface area contributed by atoms with Gasteiger partial charge < -0.3 is 19.2 Å². The number of rotatable bonds is 5. The lowest BCUT2D eigenvalue weighted by Gasteiger charge is -2.18. The molecule has 0 aliphatic heterocycles. The van der Waals surface area contributed by atoms with Gasteiger partial charge in [-0.25, -0.2) is 13.2 Å². The van der Waals surface area contributed by atoms with Crippen LogP contribution >= 0.6 is 0 Å². The highest BCUT2D eigenvalue weighted by Gasteiger charge is 2.26. The number of alkyl halides is 1. The molecule has 1 atom stereocenters. The van der Waals surface area contributed by atoms with Crippen LogP contribution in [-0.2, 0) is 7.05 Å². The number of hydrogen-bond acceptors (Lipinski definition) is 2. The number of halogens is 3. The molecule has 0 aliphatic carbocycles. The van der Waals surface area contributed by atoms with E-state index in [0.29, 0.717) is 22.3 Å². The highest BCUT2D eigenvalue weighted by Crippen LogP contribution is 2.34. The van der Waals surface area contributed by atoms with E-state index in [0.717, 1.165) is 27.6 Å². The largest absolute Gasteiger partial charge is 0.497 e. The molecule has 5 aromatic rings. The van der Waals surface area contributed by atoms with Crippen LogP contribution in [-0.4, -0.2) is 22.2 Å². The monoisotopic (exact) mass is 477 g/mol. The Morgan fingerprint density at radius 3 is 2.51 bits per heavy atom. The Balaban J connectivity index is 1.61. The van der Waals surface area contributed by atoms with E-state index < -0.39 is 23.8 Å². The zero-order chi connectivity index (χ0) is 24.9. The lowest BCUT2D eigenvalue weighted by Crippen LogP contribution is -2.20. The number of nitrogens with one attached hydrogen (secondary N) is 1. The number of carbonyl (C=O) groups excluding carboxylic acids is 1. The number of aryl methyl sites for hydroxylation is 1. The summed E-state index contributed by atoms with van der Waals surface area (Å²) in [4.78, 5) is 13.4. The summed E-state index contributed by atoms with van der Waals surface area (Å²) in [7, 11) is 3.42. The standard InChI is InChI=1S/C27H22F3N3O2/c1-15-21(28)7-6-20(25(15)29)26(30)33-23-9-5-19(35-3)13-17(23)14-24(33)27(34)31-18-4-8-22-16(12-18)10-11-32(22)2/h4-14,26H,1-3H3,(H,31,34). The average molecular weight is 477 g/mol. The second-order valence-electron chi connectivity index (χ2n) is 8.39. The van der Waals surface area contributed by atoms with E-state index in [4.69, 9.17) is 4.74 Å². The maximum atomic E-state index is 15.9. The van der Waals surface area contributed by atoms with E-state index in [1.54, 1.807) is 24.3 Å². The summed E-state index contributed by atoms with van der Waals surface area (Å²) in [5.74, 6) is -1.81. The quantitative estimate of drug-likeness (QED) is 0.314. The third-order valence-electron chi connectivity index (χ3n) is 6.26. The fourth-order valence-electron chi connectivity index (χ4n) is 4.32. The molecule has 35 heavy (non-hydrogen) atoms. The zero-order valence-electron chi connectivity index (χ0n) is 19.3. The van der Waals surface area contributed by atoms with Crippen LogP contribution in [0.4, 0.5) is 18.9 Å². The molecule has 0 spiro atoms. The molecule has 5 rings (SSSR count). The van der Waals surface area contributed by atoms with Crippen molar-refractivity contribution in [2.75, 3.05) is 12.4 Å². The molecule has 0 saturated carbocycles. The number of ether oxygens (including phenoxy) is 1. The lowest BCUT2D eigenvalue weighted by atomic mass is 10.1. The van der Waals surface area contributed by atoms with Gasteiger partial charge in [-0.15, -0.1) is 0 Å². The third-order valence-corrected chi connectivity index (χ3v) is 6.26. The van der Waals surface area contributed by atoms with Gasteiger partial charge in [0.15, 0.2) is 0 Å². The molecule has 0 aliphatic rings. The van der Waals surface area contributed by atoms with Crippen molar-refractivity contribution in [3.8, 4) is 5.75 Å². The molecule has 8 heteroatoms. The number of carbonyl (C=O) groups is 1. The second kappa shape index (κ2) is 8.54. The van der Waals surface area contributed by atoms with Gasteiger partial charge in [-0.05, 0) is 67.6 Å². The number of benzene rings is 3. The Hall–Kier alpha value is -4.20. The normalized spacial score (nSPS) is 12.3. The molecule has 0 radical (unpaired) electrons. The topological polar surface area (TPSA) is 48.2 Å². The van der Waals surface area contributed by atoms with Crippen LogP contribution in [0, 0.1) is 18.6 Å². The van der Waals surface area contributed by atoms with Crippen LogP contribution in [0.25, 0.3) is 21.8 Å². The first-order valence-electron chi connectivity index (χ1n) is 10.9. The van der Waals surface area contributed by atoms with Gasteiger partial charge in [0.2, 0.25) is 6.30 Å². The van der Waals surface area contributed by atoms with Gasteiger partial charge >= 0.3 is 0 Å². The van der Waals surface area contributed by atoms with Gasteiger partial charge in [0, 0.05) is 46.3 Å². The summed E-state index contributed by atoms with van der Waals surface area (Å²) in [6.07, 6.45) is -0.161. The lowest BCUT2D eigenvalue weighted by molar-refractivity contribution is 0.101. The van der Waals surface area contributed by atoms with Crippen molar-refractivity contribution in [2.45, 2.75) is 13.2 Å². The van der Waals surface area contributed by atoms with E-state index in [1.165, 1.54) is 20.1 Å². The molecule has 0 fully saturated rings. The molecule has 1 N–H and O–H groups in total. The van der Waals surface area contributed by atoms with Crippen LogP contribution in [0.1, 0.15) is 27.9 Å². The Morgan fingerprint density at radius 1 is 0.971 bits per heavy atom. The molecular formula is C27H22F3N3O2. The SMILES string of the molecule is COc1ccc2c(c1)cc(C(=O)Nc1ccc3c(ccn3C)c1)n2C(F)c1ccc(F)c(C)c1F. The van der Waals surface area contributed by atoms with Crippen LogP contribution < -0.4 is 10.1 Å². The third kappa shape index (κ3) is 3.80. The predicted octanol–water partition coefficient (Wildman–Crippen LogP) is 6.50. The minimum atomic E-state index is -2.07. The van der Waals surface area contributed by atoms with Gasteiger partial charge in [-0.1, -0.05) is 0 Å². The van der Waals surface area contributed by atoms with E-state index in [1.807, 2.05) is 36.0 Å². The smallest absolute Gasteiger partial charge is 0.272 e. The molecule has 2 heterocycles. The van der Waals surface area contributed by atoms with E-state index in [2.05, 4.69) is 5.32 Å². The maximum absolute atomic E-state index is 15.9. The van der Waals surface area contributed by atoms with Crippen LogP contribution in [0.3, 0.4) is 0 Å². The van der Waals surface area contributed by atoms with Crippen molar-refractivity contribution >= 4 is 33.4 Å². The average Bonchev–Trinajstić information content (AvgIpc) is 3.42. The Kier molecular flexibility index (Phi) is 5.51. The summed E-state index contributed by atoms with van der Waals surface area (Å²) in [5, 5.41) is 4.28. The fourth-order valence-corrected chi connectivity index (χ4v) is 4.32. The number of anilines is 1. The zero-order valence-corrected chi connectivity index (χ0v) is 19.3. The molecule has 1 amide bonds. The first-order chi connectivity index (χ1) is 16.8. The van der Waals surface area contributed by atoms with Gasteiger partial charge in [0.05, 0.1) is 12.6 Å². The van der Waals surface area contributed by atoms with Crippen molar-refractivity contribution in [1.29, 1.82) is 0 Å².